The first kappa shape index (κ1) is 18.7. The highest BCUT2D eigenvalue weighted by atomic mass is 19.4. The molecule has 27 heavy (non-hydrogen) atoms. The van der Waals surface area contributed by atoms with E-state index in [-0.39, 0.29) is 12.3 Å². The molecule has 140 valence electrons. The Kier molecular flexibility index (Phi) is 5.03. The maximum Gasteiger partial charge on any atom is 0.416 e. The summed E-state index contributed by atoms with van der Waals surface area (Å²) in [5.41, 5.74) is 1.58. The van der Waals surface area contributed by atoms with Crippen molar-refractivity contribution < 1.29 is 22.7 Å². The Morgan fingerprint density at radius 1 is 1.11 bits per heavy atom. The zero-order chi connectivity index (χ0) is 19.6. The Labute approximate surface area is 154 Å². The van der Waals surface area contributed by atoms with Gasteiger partial charge in [0.05, 0.1) is 23.6 Å². The average molecular weight is 374 g/mol. The van der Waals surface area contributed by atoms with Crippen molar-refractivity contribution in [3.63, 3.8) is 0 Å². The molecule has 0 saturated carbocycles. The van der Waals surface area contributed by atoms with Gasteiger partial charge in [0, 0.05) is 5.56 Å². The van der Waals surface area contributed by atoms with E-state index in [0.29, 0.717) is 16.9 Å². The van der Waals surface area contributed by atoms with Crippen LogP contribution in [0.3, 0.4) is 0 Å². The molecule has 0 atom stereocenters. The SMILES string of the molecule is CCOC(=O)c1cc(-c2cccc(C(F)(F)F)c2)n(-c2ccc(C)cc2)n1. The number of benzene rings is 2. The van der Waals surface area contributed by atoms with Gasteiger partial charge in [-0.2, -0.15) is 18.3 Å². The molecule has 0 radical (unpaired) electrons. The minimum absolute atomic E-state index is 0.0323. The van der Waals surface area contributed by atoms with Crippen molar-refractivity contribution in [3.8, 4) is 16.9 Å². The normalized spacial score (nSPS) is 11.4. The third-order valence-corrected chi connectivity index (χ3v) is 3.96. The van der Waals surface area contributed by atoms with Crippen molar-refractivity contribution in [3.05, 3.63) is 71.4 Å². The molecule has 3 aromatic rings. The van der Waals surface area contributed by atoms with Crippen LogP contribution in [0.2, 0.25) is 0 Å². The predicted octanol–water partition coefficient (Wildman–Crippen LogP) is 5.04. The van der Waals surface area contributed by atoms with Crippen molar-refractivity contribution in [2.24, 2.45) is 0 Å². The number of halogens is 3. The highest BCUT2D eigenvalue weighted by Gasteiger charge is 2.31. The molecule has 0 fully saturated rings. The lowest BCUT2D eigenvalue weighted by molar-refractivity contribution is -0.137. The van der Waals surface area contributed by atoms with E-state index in [1.165, 1.54) is 16.8 Å². The van der Waals surface area contributed by atoms with Gasteiger partial charge < -0.3 is 4.74 Å². The van der Waals surface area contributed by atoms with Gasteiger partial charge in [0.1, 0.15) is 0 Å². The second-order valence-corrected chi connectivity index (χ2v) is 5.96. The molecule has 7 heteroatoms. The molecule has 0 saturated heterocycles. The molecular weight excluding hydrogens is 357 g/mol. The maximum absolute atomic E-state index is 13.1. The van der Waals surface area contributed by atoms with E-state index < -0.39 is 17.7 Å². The second kappa shape index (κ2) is 7.26. The van der Waals surface area contributed by atoms with Crippen molar-refractivity contribution in [2.45, 2.75) is 20.0 Å². The Morgan fingerprint density at radius 3 is 2.44 bits per heavy atom. The highest BCUT2D eigenvalue weighted by molar-refractivity contribution is 5.89. The van der Waals surface area contributed by atoms with E-state index in [1.54, 1.807) is 25.1 Å². The van der Waals surface area contributed by atoms with Crippen LogP contribution in [-0.2, 0) is 10.9 Å². The van der Waals surface area contributed by atoms with Gasteiger partial charge in [-0.05, 0) is 44.2 Å². The topological polar surface area (TPSA) is 44.1 Å². The number of aryl methyl sites for hydroxylation is 1. The smallest absolute Gasteiger partial charge is 0.416 e. The number of alkyl halides is 3. The van der Waals surface area contributed by atoms with Crippen molar-refractivity contribution in [2.75, 3.05) is 6.61 Å². The molecule has 0 aliphatic rings. The van der Waals surface area contributed by atoms with Gasteiger partial charge in [-0.3, -0.25) is 0 Å². The van der Waals surface area contributed by atoms with Crippen LogP contribution in [0.4, 0.5) is 13.2 Å². The average Bonchev–Trinajstić information content (AvgIpc) is 3.07. The fourth-order valence-corrected chi connectivity index (χ4v) is 2.63. The summed E-state index contributed by atoms with van der Waals surface area (Å²) < 4.78 is 45.7. The zero-order valence-electron chi connectivity index (χ0n) is 14.7. The number of hydrogen-bond acceptors (Lipinski definition) is 3. The third-order valence-electron chi connectivity index (χ3n) is 3.96. The van der Waals surface area contributed by atoms with Crippen LogP contribution < -0.4 is 0 Å². The number of rotatable bonds is 4. The van der Waals surface area contributed by atoms with E-state index in [4.69, 9.17) is 4.74 Å². The highest BCUT2D eigenvalue weighted by Crippen LogP contribution is 2.33. The van der Waals surface area contributed by atoms with Crippen molar-refractivity contribution >= 4 is 5.97 Å². The second-order valence-electron chi connectivity index (χ2n) is 5.96. The van der Waals surface area contributed by atoms with Crippen molar-refractivity contribution in [1.29, 1.82) is 0 Å². The number of nitrogens with zero attached hydrogens (tertiary/aromatic N) is 2. The molecule has 0 unspecified atom stereocenters. The number of hydrogen-bond donors (Lipinski definition) is 0. The Morgan fingerprint density at radius 2 is 1.81 bits per heavy atom. The number of carbonyl (C=O) groups excluding carboxylic acids is 1. The Balaban J connectivity index is 2.16. The number of ether oxygens (including phenoxy) is 1. The summed E-state index contributed by atoms with van der Waals surface area (Å²) in [5, 5.41) is 4.26. The molecule has 4 nitrogen and oxygen atoms in total. The first-order valence-electron chi connectivity index (χ1n) is 8.31. The quantitative estimate of drug-likeness (QED) is 0.601. The summed E-state index contributed by atoms with van der Waals surface area (Å²) in [7, 11) is 0. The molecule has 3 rings (SSSR count). The van der Waals surface area contributed by atoms with Crippen LogP contribution in [0.5, 0.6) is 0 Å². The summed E-state index contributed by atoms with van der Waals surface area (Å²) >= 11 is 0. The van der Waals surface area contributed by atoms with E-state index in [9.17, 15) is 18.0 Å². The lowest BCUT2D eigenvalue weighted by atomic mass is 10.1. The molecule has 0 N–H and O–H groups in total. The summed E-state index contributed by atoms with van der Waals surface area (Å²) in [6.45, 7) is 3.77. The molecule has 0 aliphatic heterocycles. The van der Waals surface area contributed by atoms with Gasteiger partial charge in [-0.15, -0.1) is 0 Å². The number of esters is 1. The molecule has 0 aliphatic carbocycles. The van der Waals surface area contributed by atoms with Crippen LogP contribution in [0.15, 0.2) is 54.6 Å². The molecule has 0 bridgehead atoms. The summed E-state index contributed by atoms with van der Waals surface area (Å²) in [6, 6.07) is 13.6. The third kappa shape index (κ3) is 4.02. The van der Waals surface area contributed by atoms with Crippen LogP contribution in [-0.4, -0.2) is 22.4 Å². The fourth-order valence-electron chi connectivity index (χ4n) is 2.63. The van der Waals surface area contributed by atoms with Gasteiger partial charge >= 0.3 is 12.1 Å². The lowest BCUT2D eigenvalue weighted by Crippen LogP contribution is -2.07. The van der Waals surface area contributed by atoms with Gasteiger partial charge in [-0.1, -0.05) is 29.8 Å². The zero-order valence-corrected chi connectivity index (χ0v) is 14.7. The van der Waals surface area contributed by atoms with E-state index in [1.807, 2.05) is 19.1 Å². The number of aromatic nitrogens is 2. The summed E-state index contributed by atoms with van der Waals surface area (Å²) in [6.07, 6.45) is -4.46. The minimum Gasteiger partial charge on any atom is -0.461 e. The van der Waals surface area contributed by atoms with Gasteiger partial charge in [0.25, 0.3) is 0 Å². The first-order chi connectivity index (χ1) is 12.8. The molecule has 0 spiro atoms. The van der Waals surface area contributed by atoms with Gasteiger partial charge in [0.15, 0.2) is 5.69 Å². The first-order valence-corrected chi connectivity index (χ1v) is 8.31. The maximum atomic E-state index is 13.1. The van der Waals surface area contributed by atoms with Crippen molar-refractivity contribution in [1.82, 2.24) is 9.78 Å². The van der Waals surface area contributed by atoms with E-state index in [0.717, 1.165) is 17.7 Å². The van der Waals surface area contributed by atoms with Crippen LogP contribution >= 0.6 is 0 Å². The van der Waals surface area contributed by atoms with Crippen LogP contribution in [0.25, 0.3) is 16.9 Å². The monoisotopic (exact) mass is 374 g/mol. The fraction of sp³-hybridized carbons (Fsp3) is 0.200. The standard InChI is InChI=1S/C20H17F3N2O2/c1-3-27-19(26)17-12-18(14-5-4-6-15(11-14)20(21,22)23)25(24-17)16-9-7-13(2)8-10-16/h4-12H,3H2,1-2H3. The largest absolute Gasteiger partial charge is 0.461 e. The minimum atomic E-state index is -4.46. The van der Waals surface area contributed by atoms with E-state index >= 15 is 0 Å². The predicted molar refractivity (Wildman–Crippen MR) is 94.7 cm³/mol. The summed E-state index contributed by atoms with van der Waals surface area (Å²) in [4.78, 5) is 12.1. The Bertz CT molecular complexity index is 960. The van der Waals surface area contributed by atoms with Gasteiger partial charge in [0.2, 0.25) is 0 Å². The summed E-state index contributed by atoms with van der Waals surface area (Å²) in [5.74, 6) is -0.628. The molecule has 0 amide bonds. The molecule has 1 aromatic heterocycles. The van der Waals surface area contributed by atoms with Crippen LogP contribution in [0, 0.1) is 6.92 Å². The molecular formula is C20H17F3N2O2. The molecule has 1 heterocycles. The Hall–Kier alpha value is -3.09. The van der Waals surface area contributed by atoms with Crippen LogP contribution in [0.1, 0.15) is 28.5 Å². The lowest BCUT2D eigenvalue weighted by Gasteiger charge is -2.11. The number of carbonyl (C=O) groups is 1. The van der Waals surface area contributed by atoms with Gasteiger partial charge in [-0.25, -0.2) is 9.48 Å². The molecule has 2 aromatic carbocycles. The van der Waals surface area contributed by atoms with E-state index in [2.05, 4.69) is 5.10 Å².